The molecule has 166 valence electrons. The van der Waals surface area contributed by atoms with Crippen LogP contribution in [0.15, 0.2) is 54.6 Å². The first-order valence-corrected chi connectivity index (χ1v) is 11.3. The van der Waals surface area contributed by atoms with Gasteiger partial charge in [0, 0.05) is 30.2 Å². The molecule has 0 aliphatic carbocycles. The Labute approximate surface area is 189 Å². The molecular formula is C26H31N5O. The molecule has 1 amide bonds. The highest BCUT2D eigenvalue weighted by atomic mass is 16.1. The SMILES string of the molecule is Cc1ccc(C(=O)Nc2ccc(CCc3cccc(N)n3)cc2)c(N2CCC(C)CC2)n1. The summed E-state index contributed by atoms with van der Waals surface area (Å²) in [7, 11) is 0. The summed E-state index contributed by atoms with van der Waals surface area (Å²) in [6.07, 6.45) is 3.94. The molecule has 2 aromatic heterocycles. The molecule has 3 heterocycles. The zero-order valence-corrected chi connectivity index (χ0v) is 18.8. The van der Waals surface area contributed by atoms with Crippen molar-refractivity contribution < 1.29 is 4.79 Å². The first-order valence-electron chi connectivity index (χ1n) is 11.3. The number of carbonyl (C=O) groups excluding carboxylic acids is 1. The second-order valence-electron chi connectivity index (χ2n) is 8.70. The van der Waals surface area contributed by atoms with Gasteiger partial charge in [0.2, 0.25) is 0 Å². The van der Waals surface area contributed by atoms with Crippen molar-refractivity contribution in [2.24, 2.45) is 5.92 Å². The zero-order valence-electron chi connectivity index (χ0n) is 18.8. The number of carbonyl (C=O) groups is 1. The highest BCUT2D eigenvalue weighted by Crippen LogP contribution is 2.26. The standard InChI is InChI=1S/C26H31N5O/c1-18-14-16-31(17-15-18)25-23(13-6-19(2)28-25)26(32)30-22-11-8-20(9-12-22)7-10-21-4-3-5-24(27)29-21/h3-6,8-9,11-13,18H,7,10,14-17H2,1-2H3,(H2,27,29)(H,30,32). The van der Waals surface area contributed by atoms with Crippen molar-refractivity contribution in [3.05, 3.63) is 77.1 Å². The van der Waals surface area contributed by atoms with Crippen molar-refractivity contribution >= 4 is 23.2 Å². The topological polar surface area (TPSA) is 84.1 Å². The number of aromatic nitrogens is 2. The third kappa shape index (κ3) is 5.44. The molecule has 0 spiro atoms. The Hall–Kier alpha value is -3.41. The molecule has 0 atom stereocenters. The molecule has 1 aliphatic rings. The maximum atomic E-state index is 13.1. The smallest absolute Gasteiger partial charge is 0.259 e. The second kappa shape index (κ2) is 9.81. The lowest BCUT2D eigenvalue weighted by atomic mass is 9.99. The van der Waals surface area contributed by atoms with E-state index < -0.39 is 0 Å². The maximum absolute atomic E-state index is 13.1. The number of aryl methyl sites for hydroxylation is 3. The quantitative estimate of drug-likeness (QED) is 0.596. The van der Waals surface area contributed by atoms with E-state index in [1.165, 1.54) is 5.56 Å². The van der Waals surface area contributed by atoms with E-state index in [4.69, 9.17) is 10.7 Å². The third-order valence-electron chi connectivity index (χ3n) is 6.05. The first kappa shape index (κ1) is 21.8. The van der Waals surface area contributed by atoms with Crippen LogP contribution in [0.5, 0.6) is 0 Å². The number of nitrogen functional groups attached to an aromatic ring is 1. The summed E-state index contributed by atoms with van der Waals surface area (Å²) < 4.78 is 0. The molecule has 1 fully saturated rings. The lowest BCUT2D eigenvalue weighted by molar-refractivity contribution is 0.102. The molecule has 32 heavy (non-hydrogen) atoms. The lowest BCUT2D eigenvalue weighted by Crippen LogP contribution is -2.35. The van der Waals surface area contributed by atoms with Crippen LogP contribution in [0, 0.1) is 12.8 Å². The van der Waals surface area contributed by atoms with Crippen molar-refractivity contribution in [2.45, 2.75) is 39.5 Å². The van der Waals surface area contributed by atoms with Crippen LogP contribution in [0.1, 0.15) is 47.1 Å². The zero-order chi connectivity index (χ0) is 22.5. The Kier molecular flexibility index (Phi) is 6.69. The predicted molar refractivity (Wildman–Crippen MR) is 130 cm³/mol. The molecule has 1 saturated heterocycles. The number of amides is 1. The fraction of sp³-hybridized carbons (Fsp3) is 0.346. The van der Waals surface area contributed by atoms with Crippen molar-refractivity contribution in [3.63, 3.8) is 0 Å². The number of anilines is 3. The summed E-state index contributed by atoms with van der Waals surface area (Å²) in [5.74, 6) is 1.94. The van der Waals surface area contributed by atoms with Crippen LogP contribution in [-0.2, 0) is 12.8 Å². The van der Waals surface area contributed by atoms with Crippen molar-refractivity contribution in [2.75, 3.05) is 29.0 Å². The number of nitrogens with zero attached hydrogens (tertiary/aromatic N) is 3. The number of pyridine rings is 2. The van der Waals surface area contributed by atoms with Gasteiger partial charge in [0.15, 0.2) is 0 Å². The van der Waals surface area contributed by atoms with Gasteiger partial charge in [-0.15, -0.1) is 0 Å². The summed E-state index contributed by atoms with van der Waals surface area (Å²) >= 11 is 0. The normalized spacial score (nSPS) is 14.4. The Morgan fingerprint density at radius 2 is 1.78 bits per heavy atom. The molecule has 3 aromatic rings. The predicted octanol–water partition coefficient (Wildman–Crippen LogP) is 4.64. The van der Waals surface area contributed by atoms with E-state index in [0.717, 1.165) is 67.6 Å². The van der Waals surface area contributed by atoms with Crippen LogP contribution in [0.2, 0.25) is 0 Å². The number of nitrogens with two attached hydrogens (primary N) is 1. The molecular weight excluding hydrogens is 398 g/mol. The Balaban J connectivity index is 1.41. The fourth-order valence-electron chi connectivity index (χ4n) is 4.04. The minimum Gasteiger partial charge on any atom is -0.384 e. The van der Waals surface area contributed by atoms with Crippen LogP contribution in [-0.4, -0.2) is 29.0 Å². The van der Waals surface area contributed by atoms with Gasteiger partial charge in [0.05, 0.1) is 5.56 Å². The Bertz CT molecular complexity index is 1070. The highest BCUT2D eigenvalue weighted by Gasteiger charge is 2.22. The van der Waals surface area contributed by atoms with Crippen molar-refractivity contribution in [1.29, 1.82) is 0 Å². The van der Waals surface area contributed by atoms with Gasteiger partial charge >= 0.3 is 0 Å². The third-order valence-corrected chi connectivity index (χ3v) is 6.05. The monoisotopic (exact) mass is 429 g/mol. The molecule has 0 radical (unpaired) electrons. The van der Waals surface area contributed by atoms with Crippen LogP contribution in [0.25, 0.3) is 0 Å². The van der Waals surface area contributed by atoms with Gasteiger partial charge < -0.3 is 16.0 Å². The van der Waals surface area contributed by atoms with Gasteiger partial charge in [-0.1, -0.05) is 25.1 Å². The molecule has 4 rings (SSSR count). The minimum atomic E-state index is -0.122. The van der Waals surface area contributed by atoms with E-state index in [9.17, 15) is 4.79 Å². The van der Waals surface area contributed by atoms with Crippen LogP contribution < -0.4 is 16.0 Å². The first-order chi connectivity index (χ1) is 15.5. The molecule has 0 saturated carbocycles. The maximum Gasteiger partial charge on any atom is 0.259 e. The average Bonchev–Trinajstić information content (AvgIpc) is 2.79. The van der Waals surface area contributed by atoms with Gasteiger partial charge in [-0.2, -0.15) is 0 Å². The summed E-state index contributed by atoms with van der Waals surface area (Å²) in [5.41, 5.74) is 10.3. The number of hydrogen-bond acceptors (Lipinski definition) is 5. The van der Waals surface area contributed by atoms with Crippen LogP contribution in [0.3, 0.4) is 0 Å². The summed E-state index contributed by atoms with van der Waals surface area (Å²) in [4.78, 5) is 24.4. The molecule has 3 N–H and O–H groups in total. The van der Waals surface area contributed by atoms with E-state index in [2.05, 4.69) is 22.1 Å². The number of rotatable bonds is 6. The number of piperidine rings is 1. The Morgan fingerprint density at radius 1 is 1.03 bits per heavy atom. The number of hydrogen-bond donors (Lipinski definition) is 2. The molecule has 0 unspecified atom stereocenters. The van der Waals surface area contributed by atoms with Crippen LogP contribution >= 0.6 is 0 Å². The number of nitrogens with one attached hydrogen (secondary N) is 1. The molecule has 1 aromatic carbocycles. The summed E-state index contributed by atoms with van der Waals surface area (Å²) in [5, 5.41) is 3.04. The van der Waals surface area contributed by atoms with Crippen molar-refractivity contribution in [3.8, 4) is 0 Å². The van der Waals surface area contributed by atoms with Crippen LogP contribution in [0.4, 0.5) is 17.3 Å². The fourth-order valence-corrected chi connectivity index (χ4v) is 4.04. The lowest BCUT2D eigenvalue weighted by Gasteiger charge is -2.32. The van der Waals surface area contributed by atoms with E-state index in [-0.39, 0.29) is 5.91 Å². The molecule has 6 nitrogen and oxygen atoms in total. The van der Waals surface area contributed by atoms with Gasteiger partial charge in [-0.3, -0.25) is 4.79 Å². The van der Waals surface area contributed by atoms with Gasteiger partial charge in [0.25, 0.3) is 5.91 Å². The summed E-state index contributed by atoms with van der Waals surface area (Å²) in [6.45, 7) is 6.13. The van der Waals surface area contributed by atoms with Gasteiger partial charge in [-0.05, 0) is 80.5 Å². The molecule has 6 heteroatoms. The van der Waals surface area contributed by atoms with E-state index >= 15 is 0 Å². The largest absolute Gasteiger partial charge is 0.384 e. The van der Waals surface area contributed by atoms with E-state index in [1.807, 2.05) is 55.5 Å². The minimum absolute atomic E-state index is 0.122. The van der Waals surface area contributed by atoms with Gasteiger partial charge in [-0.25, -0.2) is 9.97 Å². The second-order valence-corrected chi connectivity index (χ2v) is 8.70. The van der Waals surface area contributed by atoms with Crippen molar-refractivity contribution in [1.82, 2.24) is 9.97 Å². The number of benzene rings is 1. The molecule has 1 aliphatic heterocycles. The summed E-state index contributed by atoms with van der Waals surface area (Å²) in [6, 6.07) is 17.5. The highest BCUT2D eigenvalue weighted by molar-refractivity contribution is 6.07. The Morgan fingerprint density at radius 3 is 2.50 bits per heavy atom. The van der Waals surface area contributed by atoms with Gasteiger partial charge in [0.1, 0.15) is 11.6 Å². The van der Waals surface area contributed by atoms with E-state index in [0.29, 0.717) is 11.4 Å². The molecule has 0 bridgehead atoms. The van der Waals surface area contributed by atoms with E-state index in [1.54, 1.807) is 6.07 Å². The average molecular weight is 430 g/mol.